The van der Waals surface area contributed by atoms with Gasteiger partial charge in [-0.15, -0.1) is 10.2 Å². The highest BCUT2D eigenvalue weighted by Crippen LogP contribution is 2.29. The molecule has 1 aromatic heterocycles. The smallest absolute Gasteiger partial charge is 0.247 e. The molecule has 0 bridgehead atoms. The van der Waals surface area contributed by atoms with Crippen molar-refractivity contribution in [1.82, 2.24) is 20.4 Å². The van der Waals surface area contributed by atoms with E-state index in [1.54, 1.807) is 24.3 Å². The molecule has 4 rings (SSSR count). The van der Waals surface area contributed by atoms with Crippen molar-refractivity contribution in [2.45, 2.75) is 25.3 Å². The predicted octanol–water partition coefficient (Wildman–Crippen LogP) is 3.51. The van der Waals surface area contributed by atoms with Crippen LogP contribution in [0.3, 0.4) is 0 Å². The normalized spacial score (nSPS) is 15.3. The van der Waals surface area contributed by atoms with Gasteiger partial charge in [0.25, 0.3) is 0 Å². The van der Waals surface area contributed by atoms with Crippen LogP contribution in [-0.4, -0.2) is 40.6 Å². The molecule has 0 saturated carbocycles. The van der Waals surface area contributed by atoms with Crippen molar-refractivity contribution in [2.24, 2.45) is 0 Å². The summed E-state index contributed by atoms with van der Waals surface area (Å²) >= 11 is 0. The van der Waals surface area contributed by atoms with E-state index in [1.165, 1.54) is 24.3 Å². The molecular weight excluding hydrogens is 390 g/mol. The van der Waals surface area contributed by atoms with E-state index in [0.717, 1.165) is 31.5 Å². The SMILES string of the molecule is O=C(CN1CCC(c2nnc(-c3ccc(F)cc3)o2)CC1)NCc1ccc(F)cc1. The van der Waals surface area contributed by atoms with Gasteiger partial charge < -0.3 is 9.73 Å². The van der Waals surface area contributed by atoms with Crippen LogP contribution >= 0.6 is 0 Å². The maximum Gasteiger partial charge on any atom is 0.247 e. The van der Waals surface area contributed by atoms with Crippen LogP contribution in [0.15, 0.2) is 52.9 Å². The van der Waals surface area contributed by atoms with Gasteiger partial charge in [0.1, 0.15) is 11.6 Å². The highest BCUT2D eigenvalue weighted by molar-refractivity contribution is 5.78. The maximum atomic E-state index is 13.1. The molecule has 0 radical (unpaired) electrons. The average molecular weight is 412 g/mol. The lowest BCUT2D eigenvalue weighted by atomic mass is 9.97. The standard InChI is InChI=1S/C22H22F2N4O2/c23-18-5-1-15(2-6-18)13-25-20(29)14-28-11-9-17(10-12-28)22-27-26-21(30-22)16-3-7-19(24)8-4-16/h1-8,17H,9-14H2,(H,25,29). The fourth-order valence-electron chi connectivity index (χ4n) is 3.51. The number of hydrogen-bond donors (Lipinski definition) is 1. The Morgan fingerprint density at radius 2 is 1.63 bits per heavy atom. The quantitative estimate of drug-likeness (QED) is 0.671. The first-order chi connectivity index (χ1) is 14.6. The molecule has 1 fully saturated rings. The Morgan fingerprint density at radius 1 is 1.00 bits per heavy atom. The van der Waals surface area contributed by atoms with Gasteiger partial charge in [0.15, 0.2) is 0 Å². The average Bonchev–Trinajstić information content (AvgIpc) is 3.25. The van der Waals surface area contributed by atoms with E-state index < -0.39 is 0 Å². The molecule has 1 aliphatic heterocycles. The first kappa shape index (κ1) is 20.2. The minimum absolute atomic E-state index is 0.0610. The molecule has 0 atom stereocenters. The van der Waals surface area contributed by atoms with E-state index in [9.17, 15) is 13.6 Å². The second-order valence-electron chi connectivity index (χ2n) is 7.41. The van der Waals surface area contributed by atoms with Crippen molar-refractivity contribution in [3.8, 4) is 11.5 Å². The summed E-state index contributed by atoms with van der Waals surface area (Å²) in [5.74, 6) is 0.438. The minimum Gasteiger partial charge on any atom is -0.420 e. The van der Waals surface area contributed by atoms with Gasteiger partial charge in [0.05, 0.1) is 6.54 Å². The van der Waals surface area contributed by atoms with Crippen LogP contribution < -0.4 is 5.32 Å². The minimum atomic E-state index is -0.312. The molecule has 0 spiro atoms. The first-order valence-corrected chi connectivity index (χ1v) is 9.89. The zero-order valence-corrected chi connectivity index (χ0v) is 16.4. The third-order valence-electron chi connectivity index (χ3n) is 5.24. The molecule has 1 aliphatic rings. The van der Waals surface area contributed by atoms with Crippen LogP contribution in [0, 0.1) is 11.6 Å². The molecule has 156 valence electrons. The fourth-order valence-corrected chi connectivity index (χ4v) is 3.51. The number of rotatable bonds is 6. The number of halogens is 2. The van der Waals surface area contributed by atoms with Crippen LogP contribution in [0.1, 0.15) is 30.2 Å². The zero-order chi connectivity index (χ0) is 20.9. The number of benzene rings is 2. The molecular formula is C22H22F2N4O2. The molecule has 8 heteroatoms. The Labute approximate surface area is 172 Å². The number of aromatic nitrogens is 2. The van der Waals surface area contributed by atoms with Crippen molar-refractivity contribution in [3.63, 3.8) is 0 Å². The number of amides is 1. The van der Waals surface area contributed by atoms with Crippen LogP contribution in [0.5, 0.6) is 0 Å². The Balaban J connectivity index is 1.24. The molecule has 6 nitrogen and oxygen atoms in total. The van der Waals surface area contributed by atoms with Crippen molar-refractivity contribution in [2.75, 3.05) is 19.6 Å². The van der Waals surface area contributed by atoms with Gasteiger partial charge in [-0.25, -0.2) is 8.78 Å². The summed E-state index contributed by atoms with van der Waals surface area (Å²) in [5.41, 5.74) is 1.54. The molecule has 3 aromatic rings. The second kappa shape index (κ2) is 9.13. The monoisotopic (exact) mass is 412 g/mol. The summed E-state index contributed by atoms with van der Waals surface area (Å²) in [4.78, 5) is 14.3. The number of nitrogens with one attached hydrogen (secondary N) is 1. The van der Waals surface area contributed by atoms with Gasteiger partial charge in [-0.1, -0.05) is 12.1 Å². The molecule has 1 saturated heterocycles. The molecule has 30 heavy (non-hydrogen) atoms. The first-order valence-electron chi connectivity index (χ1n) is 9.89. The number of hydrogen-bond acceptors (Lipinski definition) is 5. The van der Waals surface area contributed by atoms with Gasteiger partial charge in [0, 0.05) is 18.0 Å². The predicted molar refractivity (Wildman–Crippen MR) is 106 cm³/mol. The number of carbonyl (C=O) groups is 1. The topological polar surface area (TPSA) is 71.3 Å². The Hall–Kier alpha value is -3.13. The van der Waals surface area contributed by atoms with Gasteiger partial charge in [-0.2, -0.15) is 0 Å². The number of carbonyl (C=O) groups excluding carboxylic acids is 1. The van der Waals surface area contributed by atoms with Gasteiger partial charge >= 0.3 is 0 Å². The van der Waals surface area contributed by atoms with E-state index in [4.69, 9.17) is 4.42 Å². The summed E-state index contributed by atoms with van der Waals surface area (Å²) < 4.78 is 31.8. The summed E-state index contributed by atoms with van der Waals surface area (Å²) in [7, 11) is 0. The molecule has 2 aromatic carbocycles. The van der Waals surface area contributed by atoms with Crippen LogP contribution in [0.2, 0.25) is 0 Å². The molecule has 0 unspecified atom stereocenters. The molecule has 1 N–H and O–H groups in total. The lowest BCUT2D eigenvalue weighted by molar-refractivity contribution is -0.122. The lowest BCUT2D eigenvalue weighted by Gasteiger charge is -2.29. The number of likely N-dealkylation sites (tertiary alicyclic amines) is 1. The zero-order valence-electron chi connectivity index (χ0n) is 16.4. The van der Waals surface area contributed by atoms with Crippen molar-refractivity contribution in [3.05, 3.63) is 71.6 Å². The third-order valence-corrected chi connectivity index (χ3v) is 5.24. The molecule has 0 aliphatic carbocycles. The van der Waals surface area contributed by atoms with Gasteiger partial charge in [0.2, 0.25) is 17.7 Å². The summed E-state index contributed by atoms with van der Waals surface area (Å²) in [6, 6.07) is 12.0. The second-order valence-corrected chi connectivity index (χ2v) is 7.41. The summed E-state index contributed by atoms with van der Waals surface area (Å²) in [6.45, 7) is 2.20. The van der Waals surface area contributed by atoms with Gasteiger partial charge in [-0.3, -0.25) is 9.69 Å². The summed E-state index contributed by atoms with van der Waals surface area (Å²) in [5, 5.41) is 11.1. The molecule has 2 heterocycles. The number of nitrogens with zero attached hydrogens (tertiary/aromatic N) is 3. The van der Waals surface area contributed by atoms with E-state index >= 15 is 0 Å². The number of piperidine rings is 1. The van der Waals surface area contributed by atoms with Crippen LogP contribution in [0.4, 0.5) is 8.78 Å². The molecule has 1 amide bonds. The fraction of sp³-hybridized carbons (Fsp3) is 0.318. The Morgan fingerprint density at radius 3 is 2.30 bits per heavy atom. The Bertz CT molecular complexity index is 981. The van der Waals surface area contributed by atoms with Crippen molar-refractivity contribution in [1.29, 1.82) is 0 Å². The lowest BCUT2D eigenvalue weighted by Crippen LogP contribution is -2.41. The summed E-state index contributed by atoms with van der Waals surface area (Å²) in [6.07, 6.45) is 1.63. The van der Waals surface area contributed by atoms with Gasteiger partial charge in [-0.05, 0) is 67.9 Å². The van der Waals surface area contributed by atoms with Crippen LogP contribution in [0.25, 0.3) is 11.5 Å². The van der Waals surface area contributed by atoms with E-state index in [1.807, 2.05) is 0 Å². The van der Waals surface area contributed by atoms with E-state index in [0.29, 0.717) is 30.4 Å². The maximum absolute atomic E-state index is 13.1. The third kappa shape index (κ3) is 5.07. The van der Waals surface area contributed by atoms with Crippen molar-refractivity contribution >= 4 is 5.91 Å². The van der Waals surface area contributed by atoms with Crippen molar-refractivity contribution < 1.29 is 18.0 Å². The highest BCUT2D eigenvalue weighted by atomic mass is 19.1. The van der Waals surface area contributed by atoms with E-state index in [2.05, 4.69) is 20.4 Å². The highest BCUT2D eigenvalue weighted by Gasteiger charge is 2.26. The largest absolute Gasteiger partial charge is 0.420 e. The van der Waals surface area contributed by atoms with Crippen LogP contribution in [-0.2, 0) is 11.3 Å². The van der Waals surface area contributed by atoms with E-state index in [-0.39, 0.29) is 23.5 Å². The Kier molecular flexibility index (Phi) is 6.13.